The van der Waals surface area contributed by atoms with Crippen LogP contribution in [0, 0.1) is 6.92 Å². The van der Waals surface area contributed by atoms with Crippen LogP contribution in [0.25, 0.3) is 10.9 Å². The van der Waals surface area contributed by atoms with E-state index in [0.29, 0.717) is 5.56 Å². The molecule has 0 aliphatic rings. The van der Waals surface area contributed by atoms with E-state index >= 15 is 0 Å². The zero-order valence-electron chi connectivity index (χ0n) is 16.6. The Morgan fingerprint density at radius 2 is 1.67 bits per heavy atom. The van der Waals surface area contributed by atoms with Crippen LogP contribution in [0.15, 0.2) is 48.5 Å². The van der Waals surface area contributed by atoms with Gasteiger partial charge in [0.15, 0.2) is 5.78 Å². The Morgan fingerprint density at radius 1 is 0.963 bits per heavy atom. The first-order valence-electron chi connectivity index (χ1n) is 9.94. The molecule has 0 spiro atoms. The molecule has 0 bridgehead atoms. The number of benzene rings is 2. The molecule has 0 aliphatic heterocycles. The van der Waals surface area contributed by atoms with E-state index in [0.717, 1.165) is 40.9 Å². The second-order valence-corrected chi connectivity index (χ2v) is 7.10. The Bertz CT molecular complexity index is 906. The number of hydrogen-bond acceptors (Lipinski definition) is 2. The van der Waals surface area contributed by atoms with E-state index in [4.69, 9.17) is 4.74 Å². The van der Waals surface area contributed by atoms with Crippen molar-refractivity contribution in [1.82, 2.24) is 4.57 Å². The third-order valence-electron chi connectivity index (χ3n) is 5.30. The number of para-hydroxylation sites is 1. The van der Waals surface area contributed by atoms with Gasteiger partial charge in [-0.3, -0.25) is 4.79 Å². The molecule has 0 saturated heterocycles. The van der Waals surface area contributed by atoms with E-state index < -0.39 is 0 Å². The first-order valence-corrected chi connectivity index (χ1v) is 9.94. The molecular formula is C24H29NO2. The number of hydrogen-bond donors (Lipinski definition) is 0. The predicted octanol–water partition coefficient (Wildman–Crippen LogP) is 6.16. The van der Waals surface area contributed by atoms with Gasteiger partial charge in [0.1, 0.15) is 5.75 Å². The number of fused-ring (bicyclic) bond motifs is 1. The molecule has 3 nitrogen and oxygen atoms in total. The largest absolute Gasteiger partial charge is 0.497 e. The van der Waals surface area contributed by atoms with Gasteiger partial charge in [0.2, 0.25) is 0 Å². The Balaban J connectivity index is 1.92. The van der Waals surface area contributed by atoms with Crippen molar-refractivity contribution in [3.8, 4) is 5.75 Å². The smallest absolute Gasteiger partial charge is 0.195 e. The van der Waals surface area contributed by atoms with Crippen LogP contribution in [0.5, 0.6) is 5.75 Å². The molecule has 1 aromatic heterocycles. The molecule has 3 aromatic rings. The van der Waals surface area contributed by atoms with Crippen molar-refractivity contribution in [3.63, 3.8) is 0 Å². The molecule has 0 atom stereocenters. The van der Waals surface area contributed by atoms with Crippen LogP contribution in [0.4, 0.5) is 0 Å². The average molecular weight is 364 g/mol. The first-order chi connectivity index (χ1) is 13.2. The summed E-state index contributed by atoms with van der Waals surface area (Å²) in [5.41, 5.74) is 3.74. The Labute approximate surface area is 162 Å². The molecule has 0 fully saturated rings. The highest BCUT2D eigenvalue weighted by Crippen LogP contribution is 2.29. The molecule has 0 aliphatic carbocycles. The van der Waals surface area contributed by atoms with Crippen molar-refractivity contribution in [2.75, 3.05) is 7.11 Å². The number of ketones is 1. The molecule has 0 unspecified atom stereocenters. The van der Waals surface area contributed by atoms with Gasteiger partial charge in [-0.2, -0.15) is 0 Å². The third-order valence-corrected chi connectivity index (χ3v) is 5.30. The lowest BCUT2D eigenvalue weighted by atomic mass is 10.0. The lowest BCUT2D eigenvalue weighted by Gasteiger charge is -2.09. The van der Waals surface area contributed by atoms with Crippen molar-refractivity contribution in [2.45, 2.75) is 52.5 Å². The van der Waals surface area contributed by atoms with Crippen molar-refractivity contribution < 1.29 is 9.53 Å². The standard InChI is InChI=1S/C24H29NO2/c1-4-5-6-7-10-17-25-18(2)23(21-11-8-9-12-22(21)25)24(26)19-13-15-20(27-3)16-14-19/h8-9,11-16H,4-7,10,17H2,1-3H3. The van der Waals surface area contributed by atoms with Gasteiger partial charge < -0.3 is 9.30 Å². The molecule has 142 valence electrons. The summed E-state index contributed by atoms with van der Waals surface area (Å²) in [6.07, 6.45) is 6.22. The summed E-state index contributed by atoms with van der Waals surface area (Å²) in [5, 5.41) is 1.05. The predicted molar refractivity (Wildman–Crippen MR) is 112 cm³/mol. The highest BCUT2D eigenvalue weighted by molar-refractivity contribution is 6.17. The third kappa shape index (κ3) is 4.08. The van der Waals surface area contributed by atoms with Crippen LogP contribution in [-0.2, 0) is 6.54 Å². The van der Waals surface area contributed by atoms with Crippen molar-refractivity contribution in [2.24, 2.45) is 0 Å². The van der Waals surface area contributed by atoms with Crippen LogP contribution < -0.4 is 4.74 Å². The lowest BCUT2D eigenvalue weighted by molar-refractivity contribution is 0.103. The highest BCUT2D eigenvalue weighted by Gasteiger charge is 2.20. The molecule has 1 heterocycles. The Morgan fingerprint density at radius 3 is 2.37 bits per heavy atom. The van der Waals surface area contributed by atoms with Gasteiger partial charge >= 0.3 is 0 Å². The fourth-order valence-electron chi connectivity index (χ4n) is 3.77. The van der Waals surface area contributed by atoms with Crippen LogP contribution in [-0.4, -0.2) is 17.5 Å². The number of methoxy groups -OCH3 is 1. The maximum absolute atomic E-state index is 13.3. The van der Waals surface area contributed by atoms with E-state index in [1.165, 1.54) is 25.7 Å². The fraction of sp³-hybridized carbons (Fsp3) is 0.375. The number of carbonyl (C=O) groups is 1. The summed E-state index contributed by atoms with van der Waals surface area (Å²) in [6, 6.07) is 15.6. The molecule has 2 aromatic carbocycles. The van der Waals surface area contributed by atoms with Gasteiger partial charge in [0, 0.05) is 28.7 Å². The van der Waals surface area contributed by atoms with E-state index in [2.05, 4.69) is 36.6 Å². The maximum Gasteiger partial charge on any atom is 0.195 e. The summed E-state index contributed by atoms with van der Waals surface area (Å²) in [7, 11) is 1.63. The van der Waals surface area contributed by atoms with Gasteiger partial charge in [0.25, 0.3) is 0 Å². The topological polar surface area (TPSA) is 31.2 Å². The van der Waals surface area contributed by atoms with E-state index in [1.54, 1.807) is 7.11 Å². The van der Waals surface area contributed by atoms with Crippen LogP contribution in [0.1, 0.15) is 60.6 Å². The zero-order valence-corrected chi connectivity index (χ0v) is 16.6. The second-order valence-electron chi connectivity index (χ2n) is 7.10. The van der Waals surface area contributed by atoms with Gasteiger partial charge in [0.05, 0.1) is 12.7 Å². The first kappa shape index (κ1) is 19.2. The lowest BCUT2D eigenvalue weighted by Crippen LogP contribution is -2.06. The van der Waals surface area contributed by atoms with E-state index in [-0.39, 0.29) is 5.78 Å². The van der Waals surface area contributed by atoms with Crippen molar-refractivity contribution in [3.05, 3.63) is 65.4 Å². The summed E-state index contributed by atoms with van der Waals surface area (Å²) in [6.45, 7) is 5.27. The van der Waals surface area contributed by atoms with Crippen molar-refractivity contribution >= 4 is 16.7 Å². The fourth-order valence-corrected chi connectivity index (χ4v) is 3.77. The molecule has 3 heteroatoms. The van der Waals surface area contributed by atoms with Crippen LogP contribution in [0.2, 0.25) is 0 Å². The van der Waals surface area contributed by atoms with Crippen LogP contribution >= 0.6 is 0 Å². The van der Waals surface area contributed by atoms with Gasteiger partial charge in [-0.15, -0.1) is 0 Å². The second kappa shape index (κ2) is 8.90. The minimum atomic E-state index is 0.0797. The molecule has 3 rings (SSSR count). The number of carbonyl (C=O) groups excluding carboxylic acids is 1. The molecule has 0 amide bonds. The molecule has 27 heavy (non-hydrogen) atoms. The summed E-state index contributed by atoms with van der Waals surface area (Å²) in [4.78, 5) is 13.3. The average Bonchev–Trinajstić information content (AvgIpc) is 2.99. The van der Waals surface area contributed by atoms with Crippen LogP contribution in [0.3, 0.4) is 0 Å². The van der Waals surface area contributed by atoms with Gasteiger partial charge in [-0.1, -0.05) is 50.8 Å². The Kier molecular flexibility index (Phi) is 6.33. The maximum atomic E-state index is 13.3. The number of unbranched alkanes of at least 4 members (excludes halogenated alkanes) is 4. The van der Waals surface area contributed by atoms with Crippen molar-refractivity contribution in [1.29, 1.82) is 0 Å². The van der Waals surface area contributed by atoms with Gasteiger partial charge in [-0.25, -0.2) is 0 Å². The molecular weight excluding hydrogens is 334 g/mol. The molecule has 0 N–H and O–H groups in total. The number of aryl methyl sites for hydroxylation is 1. The number of aromatic nitrogens is 1. The molecule has 0 saturated carbocycles. The number of ether oxygens (including phenoxy) is 1. The molecule has 0 radical (unpaired) electrons. The van der Waals surface area contributed by atoms with Gasteiger partial charge in [-0.05, 0) is 43.7 Å². The van der Waals surface area contributed by atoms with E-state index in [1.807, 2.05) is 30.3 Å². The normalized spacial score (nSPS) is 11.1. The Hall–Kier alpha value is -2.55. The zero-order chi connectivity index (χ0) is 19.2. The minimum absolute atomic E-state index is 0.0797. The number of rotatable bonds is 9. The SMILES string of the molecule is CCCCCCCn1c(C)c(C(=O)c2ccc(OC)cc2)c2ccccc21. The minimum Gasteiger partial charge on any atom is -0.497 e. The van der Waals surface area contributed by atoms with E-state index in [9.17, 15) is 4.79 Å². The summed E-state index contributed by atoms with van der Waals surface area (Å²) >= 11 is 0. The quantitative estimate of drug-likeness (QED) is 0.337. The summed E-state index contributed by atoms with van der Waals surface area (Å²) in [5.74, 6) is 0.842. The highest BCUT2D eigenvalue weighted by atomic mass is 16.5. The number of nitrogens with zero attached hydrogens (tertiary/aromatic N) is 1. The summed E-state index contributed by atoms with van der Waals surface area (Å²) < 4.78 is 7.53. The monoisotopic (exact) mass is 363 g/mol.